The number of nitrogen functional groups attached to an aromatic ring is 2. The van der Waals surface area contributed by atoms with Crippen LogP contribution in [0, 0.1) is 5.82 Å². The molecular formula is C45H47F3N10O18P2. The number of aliphatic hydroxyl groups excluding tert-OH is 2. The highest BCUT2D eigenvalue weighted by Crippen LogP contribution is 2.50. The maximum absolute atomic E-state index is 14.3. The Hall–Kier alpha value is -7.25. The quantitative estimate of drug-likeness (QED) is 0.0368. The van der Waals surface area contributed by atoms with Gasteiger partial charge in [0.2, 0.25) is 5.91 Å². The van der Waals surface area contributed by atoms with Crippen LogP contribution >= 0.6 is 15.6 Å². The molecule has 3 aromatic carbocycles. The van der Waals surface area contributed by atoms with Crippen LogP contribution in [0.5, 0.6) is 0 Å². The number of alkyl halides is 2. The van der Waals surface area contributed by atoms with E-state index in [1.165, 1.54) is 60.7 Å². The lowest BCUT2D eigenvalue weighted by molar-refractivity contribution is -0.159. The van der Waals surface area contributed by atoms with Gasteiger partial charge < -0.3 is 65.9 Å². The minimum atomic E-state index is -5.56. The number of phosphoric acid groups is 2. The number of nitrogens with two attached hydrogens (primary N) is 2. The number of phosphoric ester groups is 2. The number of esters is 1. The van der Waals surface area contributed by atoms with E-state index in [1.54, 1.807) is 0 Å². The van der Waals surface area contributed by atoms with Crippen LogP contribution in [0.4, 0.5) is 35.3 Å². The monoisotopic (exact) mass is 1130 g/mol. The second-order valence-electron chi connectivity index (χ2n) is 17.3. The highest BCUT2D eigenvalue weighted by Gasteiger charge is 2.52. The Morgan fingerprint density at radius 1 is 0.795 bits per heavy atom. The highest BCUT2D eigenvalue weighted by atomic mass is 31.2. The number of anilines is 3. The number of nitrogens with one attached hydrogen (secondary N) is 2. The number of fused-ring (bicyclic) bond motifs is 1. The van der Waals surface area contributed by atoms with Gasteiger partial charge in [-0.3, -0.25) is 27.5 Å². The number of hydrogen-bond donors (Lipinski definition) is 9. The summed E-state index contributed by atoms with van der Waals surface area (Å²) in [5, 5.41) is 28.2. The van der Waals surface area contributed by atoms with E-state index < -0.39 is 126 Å². The summed E-state index contributed by atoms with van der Waals surface area (Å²) in [6.45, 7) is -2.57. The van der Waals surface area contributed by atoms with Crippen molar-refractivity contribution in [2.75, 3.05) is 30.0 Å². The first-order valence-corrected chi connectivity index (χ1v) is 26.0. The average molecular weight is 1130 g/mol. The lowest BCUT2D eigenvalue weighted by Crippen LogP contribution is -2.47. The van der Waals surface area contributed by atoms with Crippen molar-refractivity contribution in [3.8, 4) is 0 Å². The Morgan fingerprint density at radius 3 is 2.09 bits per heavy atom. The number of imidazole rings is 1. The van der Waals surface area contributed by atoms with Crippen LogP contribution in [-0.2, 0) is 70.7 Å². The summed E-state index contributed by atoms with van der Waals surface area (Å²) in [5.41, 5.74) is 11.7. The van der Waals surface area contributed by atoms with Crippen molar-refractivity contribution >= 4 is 62.1 Å². The molecule has 416 valence electrons. The molecule has 28 nitrogen and oxygen atoms in total. The second-order valence-corrected chi connectivity index (χ2v) is 20.0. The minimum Gasteiger partial charge on any atom is -0.455 e. The smallest absolute Gasteiger partial charge is 0.455 e. The first-order valence-electron chi connectivity index (χ1n) is 23.0. The summed E-state index contributed by atoms with van der Waals surface area (Å²) >= 11 is 0. The van der Waals surface area contributed by atoms with Gasteiger partial charge in [-0.15, -0.1) is 0 Å². The van der Waals surface area contributed by atoms with Gasteiger partial charge in [-0.25, -0.2) is 51.6 Å². The molecule has 0 bridgehead atoms. The number of carbonyl (C=O) groups excluding carboxylic acids is 3. The average Bonchev–Trinajstić information content (AvgIpc) is 4.07. The highest BCUT2D eigenvalue weighted by molar-refractivity contribution is 7.47. The van der Waals surface area contributed by atoms with E-state index >= 15 is 0 Å². The molecule has 78 heavy (non-hydrogen) atoms. The van der Waals surface area contributed by atoms with Crippen molar-refractivity contribution in [1.29, 1.82) is 0 Å². The molecule has 2 fully saturated rings. The predicted molar refractivity (Wildman–Crippen MR) is 258 cm³/mol. The van der Waals surface area contributed by atoms with Gasteiger partial charge in [-0.2, -0.15) is 4.98 Å². The largest absolute Gasteiger partial charge is 0.472 e. The van der Waals surface area contributed by atoms with Gasteiger partial charge in [0, 0.05) is 23.9 Å². The molecular weight excluding hydrogens is 1090 g/mol. The molecule has 6 aromatic rings. The fourth-order valence-corrected chi connectivity index (χ4v) is 9.40. The zero-order valence-corrected chi connectivity index (χ0v) is 41.7. The van der Waals surface area contributed by atoms with Crippen molar-refractivity contribution in [3.05, 3.63) is 136 Å². The molecule has 0 radical (unpaired) electrons. The number of hydrogen-bond acceptors (Lipinski definition) is 21. The van der Waals surface area contributed by atoms with Gasteiger partial charge in [0.15, 0.2) is 30.0 Å². The number of aromatic nitrogens is 6. The molecule has 0 spiro atoms. The van der Waals surface area contributed by atoms with E-state index in [-0.39, 0.29) is 47.0 Å². The van der Waals surface area contributed by atoms with Gasteiger partial charge in [-0.1, -0.05) is 48.5 Å². The van der Waals surface area contributed by atoms with E-state index in [0.717, 1.165) is 41.6 Å². The van der Waals surface area contributed by atoms with E-state index in [9.17, 15) is 66.4 Å². The molecule has 3 aromatic heterocycles. The third-order valence-electron chi connectivity index (χ3n) is 11.9. The SMILES string of the molecule is Nc1ccn([C@@H]2O[C@H](COP(=O)(O)O)[C@@H](OP(=O)(O)OC[C@H]3O[C@@H](n4cnc5c(N)ncnc54)[C@H](O)[C@@H]3OC(=O)[C@H](Cc3ccc(C(F)F)cc3)NC(=O)OCc3ccc(NC(=O)Cc4ccc(F)cc4)cc3)[C@H]2O)c(=O)n1. The summed E-state index contributed by atoms with van der Waals surface area (Å²) in [6.07, 6.45) is -16.1. The maximum Gasteiger partial charge on any atom is 0.472 e. The number of amides is 2. The van der Waals surface area contributed by atoms with Gasteiger partial charge in [0.05, 0.1) is 26.0 Å². The second kappa shape index (κ2) is 24.2. The van der Waals surface area contributed by atoms with E-state index in [1.807, 2.05) is 0 Å². The molecule has 11 N–H and O–H groups in total. The predicted octanol–water partition coefficient (Wildman–Crippen LogP) is 2.08. The van der Waals surface area contributed by atoms with Crippen molar-refractivity contribution < 1.29 is 94.1 Å². The van der Waals surface area contributed by atoms with E-state index in [0.29, 0.717) is 21.4 Å². The van der Waals surface area contributed by atoms with Gasteiger partial charge in [-0.05, 0) is 47.0 Å². The lowest BCUT2D eigenvalue weighted by Gasteiger charge is -2.26. The molecule has 2 aliphatic rings. The number of nitrogens with zero attached hydrogens (tertiary/aromatic N) is 6. The van der Waals surface area contributed by atoms with Crippen molar-refractivity contribution in [3.63, 3.8) is 0 Å². The van der Waals surface area contributed by atoms with Crippen LogP contribution in [0.25, 0.3) is 11.2 Å². The number of aliphatic hydroxyl groups is 2. The third kappa shape index (κ3) is 14.3. The summed E-state index contributed by atoms with van der Waals surface area (Å²) in [6, 6.07) is 15.6. The Bertz CT molecular complexity index is 3270. The van der Waals surface area contributed by atoms with E-state index in [2.05, 4.69) is 35.1 Å². The zero-order valence-electron chi connectivity index (χ0n) is 40.0. The molecule has 0 aliphatic carbocycles. The number of carbonyl (C=O) groups is 3. The fourth-order valence-electron chi connectivity index (χ4n) is 8.10. The van der Waals surface area contributed by atoms with Gasteiger partial charge >= 0.3 is 33.4 Å². The fraction of sp³-hybridized carbons (Fsp3) is 0.333. The molecule has 0 saturated carbocycles. The Balaban J connectivity index is 0.997. The Morgan fingerprint density at radius 2 is 1.42 bits per heavy atom. The topological polar surface area (TPSA) is 406 Å². The summed E-state index contributed by atoms with van der Waals surface area (Å²) in [7, 11) is -10.8. The van der Waals surface area contributed by atoms with Crippen molar-refractivity contribution in [2.24, 2.45) is 0 Å². The molecule has 2 aliphatic heterocycles. The number of ether oxygens (including phenoxy) is 4. The Labute approximate surface area is 436 Å². The summed E-state index contributed by atoms with van der Waals surface area (Å²) in [5.74, 6) is -2.46. The molecule has 2 amide bonds. The maximum atomic E-state index is 14.3. The van der Waals surface area contributed by atoms with Crippen LogP contribution in [-0.4, -0.2) is 128 Å². The number of halogens is 3. The van der Waals surface area contributed by atoms with Crippen LogP contribution in [0.1, 0.15) is 41.1 Å². The van der Waals surface area contributed by atoms with Crippen LogP contribution in [0.15, 0.2) is 103 Å². The lowest BCUT2D eigenvalue weighted by atomic mass is 10.0. The van der Waals surface area contributed by atoms with Crippen molar-refractivity contribution in [1.82, 2.24) is 34.4 Å². The van der Waals surface area contributed by atoms with Gasteiger partial charge in [0.25, 0.3) is 6.43 Å². The third-order valence-corrected chi connectivity index (χ3v) is 13.3. The molecule has 10 atom stereocenters. The van der Waals surface area contributed by atoms with Crippen molar-refractivity contribution in [2.45, 2.75) is 81.0 Å². The summed E-state index contributed by atoms with van der Waals surface area (Å²) in [4.78, 5) is 98.4. The molecule has 8 rings (SSSR count). The number of rotatable bonds is 21. The summed E-state index contributed by atoms with van der Waals surface area (Å²) < 4.78 is 105. The normalized spacial score (nSPS) is 22.5. The zero-order chi connectivity index (χ0) is 56.1. The standard InChI is InChI=1S/C45H47F3N10O18P2/c46-26-9-3-23(4-10-26)16-32(59)54-27-11-5-24(6-12-27)17-70-45(64)55-28(15-22-1-7-25(8-2-22)38(47)48)43(62)75-36-29(73-42(34(36)60)58-21-53-33-39(50)51-20-52-40(33)58)19-72-78(68,69)76-37-30(18-71-77(65,66)67)74-41(35(37)61)57-14-13-31(49)56-44(57)63/h1-14,20-21,28-30,34-38,41-42,60-61H,15-19H2,(H,54,59)(H,55,64)(H,68,69)(H2,49,56,63)(H2,50,51,52)(H2,65,66,67)/t28-,29+,30+,34+,35+,36+,37+,41+,42+/m0/s1. The van der Waals surface area contributed by atoms with Crippen LogP contribution < -0.4 is 27.8 Å². The minimum absolute atomic E-state index is 0.00565. The first kappa shape index (κ1) is 56.9. The van der Waals surface area contributed by atoms with Crippen LogP contribution in [0.2, 0.25) is 0 Å². The molecule has 5 heterocycles. The van der Waals surface area contributed by atoms with Crippen LogP contribution in [0.3, 0.4) is 0 Å². The van der Waals surface area contributed by atoms with Gasteiger partial charge in [0.1, 0.15) is 66.6 Å². The number of benzene rings is 3. The first-order chi connectivity index (χ1) is 37.0. The molecule has 33 heteroatoms. The number of alkyl carbamates (subject to hydrolysis) is 1. The Kier molecular flexibility index (Phi) is 17.7. The van der Waals surface area contributed by atoms with E-state index in [4.69, 9.17) is 39.5 Å². The molecule has 2 saturated heterocycles. The molecule has 1 unspecified atom stereocenters.